The lowest BCUT2D eigenvalue weighted by atomic mass is 9.93. The summed E-state index contributed by atoms with van der Waals surface area (Å²) in [6.07, 6.45) is 5.71. The minimum atomic E-state index is -0.474. The maximum absolute atomic E-state index is 12.4. The van der Waals surface area contributed by atoms with Crippen LogP contribution in [0.2, 0.25) is 0 Å². The number of fused-ring (bicyclic) bond motifs is 1. The van der Waals surface area contributed by atoms with Gasteiger partial charge in [-0.25, -0.2) is 4.79 Å². The van der Waals surface area contributed by atoms with Crippen LogP contribution in [0.1, 0.15) is 64.5 Å². The summed E-state index contributed by atoms with van der Waals surface area (Å²) < 4.78 is 7.31. The van der Waals surface area contributed by atoms with Crippen LogP contribution in [-0.4, -0.2) is 47.7 Å². The van der Waals surface area contributed by atoms with Gasteiger partial charge in [0.25, 0.3) is 0 Å². The molecule has 3 amide bonds. The van der Waals surface area contributed by atoms with Gasteiger partial charge in [0.2, 0.25) is 11.8 Å². The number of aryl methyl sites for hydroxylation is 1. The Hall–Kier alpha value is -3.03. The van der Waals surface area contributed by atoms with Crippen LogP contribution in [0.3, 0.4) is 0 Å². The van der Waals surface area contributed by atoms with Crippen LogP contribution >= 0.6 is 0 Å². The van der Waals surface area contributed by atoms with Crippen LogP contribution < -0.4 is 15.5 Å². The number of amides is 3. The molecule has 2 aromatic rings. The fourth-order valence-corrected chi connectivity index (χ4v) is 4.99. The second-order valence-electron chi connectivity index (χ2n) is 10.5. The van der Waals surface area contributed by atoms with Crippen molar-refractivity contribution in [1.82, 2.24) is 15.2 Å². The number of hydrogen-bond donors (Lipinski definition) is 2. The van der Waals surface area contributed by atoms with Crippen molar-refractivity contribution in [3.8, 4) is 0 Å². The Bertz CT molecular complexity index is 1080. The van der Waals surface area contributed by atoms with Crippen LogP contribution in [0.25, 0.3) is 10.9 Å². The third-order valence-electron chi connectivity index (χ3n) is 6.76. The van der Waals surface area contributed by atoms with Crippen LogP contribution in [0.4, 0.5) is 10.5 Å². The Labute approximate surface area is 201 Å². The molecule has 2 fully saturated rings. The number of rotatable bonds is 5. The third-order valence-corrected chi connectivity index (χ3v) is 6.76. The zero-order valence-corrected chi connectivity index (χ0v) is 20.6. The summed E-state index contributed by atoms with van der Waals surface area (Å²) >= 11 is 0. The number of aromatic nitrogens is 1. The number of imide groups is 1. The first kappa shape index (κ1) is 24.1. The number of ether oxygens (including phenoxy) is 1. The summed E-state index contributed by atoms with van der Waals surface area (Å²) in [4.78, 5) is 38.2. The van der Waals surface area contributed by atoms with E-state index in [2.05, 4.69) is 40.7 Å². The zero-order chi connectivity index (χ0) is 24.5. The summed E-state index contributed by atoms with van der Waals surface area (Å²) in [7, 11) is 0. The SMILES string of the molecule is Cc1cn(C2CCC(=O)NC2=O)c2ccc(N3CCC(CCNC(=O)OC(C)(C)C)CC3)cc12. The van der Waals surface area contributed by atoms with Crippen molar-refractivity contribution in [1.29, 1.82) is 0 Å². The van der Waals surface area contributed by atoms with Crippen LogP contribution in [0.15, 0.2) is 24.4 Å². The molecule has 34 heavy (non-hydrogen) atoms. The molecule has 0 radical (unpaired) electrons. The summed E-state index contributed by atoms with van der Waals surface area (Å²) in [6, 6.07) is 6.11. The summed E-state index contributed by atoms with van der Waals surface area (Å²) in [6.45, 7) is 10.3. The molecule has 1 aromatic carbocycles. The number of alkyl carbamates (subject to hydrolysis) is 1. The van der Waals surface area contributed by atoms with Crippen LogP contribution in [0, 0.1) is 12.8 Å². The molecule has 8 nitrogen and oxygen atoms in total. The quantitative estimate of drug-likeness (QED) is 0.646. The van der Waals surface area contributed by atoms with E-state index < -0.39 is 5.60 Å². The van der Waals surface area contributed by atoms with E-state index in [1.807, 2.05) is 31.5 Å². The lowest BCUT2D eigenvalue weighted by molar-refractivity contribution is -0.135. The Balaban J connectivity index is 1.34. The second kappa shape index (κ2) is 9.68. The molecule has 1 aromatic heterocycles. The largest absolute Gasteiger partial charge is 0.444 e. The molecule has 2 saturated heterocycles. The third kappa shape index (κ3) is 5.54. The number of piperidine rings is 2. The minimum absolute atomic E-state index is 0.194. The van der Waals surface area contributed by atoms with Crippen molar-refractivity contribution in [2.24, 2.45) is 5.92 Å². The molecule has 0 spiro atoms. The van der Waals surface area contributed by atoms with Gasteiger partial charge in [0.15, 0.2) is 0 Å². The number of carbonyl (C=O) groups excluding carboxylic acids is 3. The van der Waals surface area contributed by atoms with E-state index in [-0.39, 0.29) is 23.9 Å². The van der Waals surface area contributed by atoms with Crippen LogP contribution in [0.5, 0.6) is 0 Å². The molecule has 0 saturated carbocycles. The molecule has 2 N–H and O–H groups in total. The monoisotopic (exact) mass is 468 g/mol. The number of benzene rings is 1. The van der Waals surface area contributed by atoms with E-state index in [1.54, 1.807) is 0 Å². The average Bonchev–Trinajstić information content (AvgIpc) is 3.09. The maximum Gasteiger partial charge on any atom is 0.407 e. The highest BCUT2D eigenvalue weighted by Crippen LogP contribution is 2.32. The Morgan fingerprint density at radius 1 is 1.18 bits per heavy atom. The van der Waals surface area contributed by atoms with Gasteiger partial charge in [0.1, 0.15) is 11.6 Å². The molecular formula is C26H36N4O4. The van der Waals surface area contributed by atoms with Crippen molar-refractivity contribution in [2.75, 3.05) is 24.5 Å². The van der Waals surface area contributed by atoms with Crippen molar-refractivity contribution in [3.05, 3.63) is 30.0 Å². The van der Waals surface area contributed by atoms with Gasteiger partial charge in [-0.2, -0.15) is 0 Å². The molecule has 4 rings (SSSR count). The van der Waals surface area contributed by atoms with Gasteiger partial charge in [0, 0.05) is 48.8 Å². The van der Waals surface area contributed by atoms with Crippen molar-refractivity contribution in [3.63, 3.8) is 0 Å². The number of anilines is 1. The maximum atomic E-state index is 12.4. The normalized spacial score (nSPS) is 19.9. The number of nitrogens with one attached hydrogen (secondary N) is 2. The van der Waals surface area contributed by atoms with Crippen molar-refractivity contribution in [2.45, 2.75) is 71.4 Å². The number of hydrogen-bond acceptors (Lipinski definition) is 5. The fraction of sp³-hybridized carbons (Fsp3) is 0.577. The Kier molecular flexibility index (Phi) is 6.86. The van der Waals surface area contributed by atoms with Gasteiger partial charge >= 0.3 is 6.09 Å². The molecule has 2 aliphatic rings. The molecule has 0 bridgehead atoms. The molecule has 2 aliphatic heterocycles. The summed E-state index contributed by atoms with van der Waals surface area (Å²) in [5.41, 5.74) is 2.88. The minimum Gasteiger partial charge on any atom is -0.444 e. The Morgan fingerprint density at radius 3 is 2.59 bits per heavy atom. The fourth-order valence-electron chi connectivity index (χ4n) is 4.99. The highest BCUT2D eigenvalue weighted by Gasteiger charge is 2.29. The lowest BCUT2D eigenvalue weighted by Gasteiger charge is -2.34. The van der Waals surface area contributed by atoms with Gasteiger partial charge in [-0.3, -0.25) is 14.9 Å². The van der Waals surface area contributed by atoms with E-state index in [0.29, 0.717) is 25.3 Å². The first-order valence-electron chi connectivity index (χ1n) is 12.3. The van der Waals surface area contributed by atoms with Crippen molar-refractivity contribution >= 4 is 34.5 Å². The standard InChI is InChI=1S/C26H36N4O4/c1-17-16-30(22-7-8-23(31)28-24(22)32)21-6-5-19(15-20(17)21)29-13-10-18(11-14-29)9-12-27-25(33)34-26(2,3)4/h5-6,15-16,18,22H,7-14H2,1-4H3,(H,27,33)(H,28,31,32). The predicted molar refractivity (Wildman–Crippen MR) is 132 cm³/mol. The van der Waals surface area contributed by atoms with E-state index in [4.69, 9.17) is 4.74 Å². The van der Waals surface area contributed by atoms with E-state index >= 15 is 0 Å². The molecule has 1 atom stereocenters. The van der Waals surface area contributed by atoms with Crippen LogP contribution in [-0.2, 0) is 14.3 Å². The molecule has 1 unspecified atom stereocenters. The zero-order valence-electron chi connectivity index (χ0n) is 20.6. The first-order valence-corrected chi connectivity index (χ1v) is 12.3. The predicted octanol–water partition coefficient (Wildman–Crippen LogP) is 4.06. The topological polar surface area (TPSA) is 92.7 Å². The summed E-state index contributed by atoms with van der Waals surface area (Å²) in [5, 5.41) is 6.47. The smallest absolute Gasteiger partial charge is 0.407 e. The van der Waals surface area contributed by atoms with Crippen molar-refractivity contribution < 1.29 is 19.1 Å². The summed E-state index contributed by atoms with van der Waals surface area (Å²) in [5.74, 6) is 0.173. The lowest BCUT2D eigenvalue weighted by Crippen LogP contribution is -2.41. The van der Waals surface area contributed by atoms with E-state index in [0.717, 1.165) is 48.8 Å². The van der Waals surface area contributed by atoms with E-state index in [1.165, 1.54) is 5.69 Å². The number of nitrogens with zero attached hydrogens (tertiary/aromatic N) is 2. The van der Waals surface area contributed by atoms with Gasteiger partial charge in [0.05, 0.1) is 0 Å². The van der Waals surface area contributed by atoms with Gasteiger partial charge in [-0.1, -0.05) is 0 Å². The van der Waals surface area contributed by atoms with Gasteiger partial charge < -0.3 is 19.5 Å². The average molecular weight is 469 g/mol. The second-order valence-corrected chi connectivity index (χ2v) is 10.5. The Morgan fingerprint density at radius 2 is 1.91 bits per heavy atom. The van der Waals surface area contributed by atoms with Gasteiger partial charge in [-0.15, -0.1) is 0 Å². The molecule has 184 valence electrons. The molecular weight excluding hydrogens is 432 g/mol. The molecule has 0 aliphatic carbocycles. The highest BCUT2D eigenvalue weighted by atomic mass is 16.6. The first-order chi connectivity index (χ1) is 16.1. The molecule has 8 heteroatoms. The number of carbonyl (C=O) groups is 3. The highest BCUT2D eigenvalue weighted by molar-refractivity contribution is 6.00. The molecule has 3 heterocycles. The van der Waals surface area contributed by atoms with E-state index in [9.17, 15) is 14.4 Å². The van der Waals surface area contributed by atoms with Gasteiger partial charge in [-0.05, 0) is 83.1 Å².